The fraction of sp³-hybridized carbons (Fsp3) is 0.375. The van der Waals surface area contributed by atoms with Crippen molar-refractivity contribution >= 4 is 18.0 Å². The van der Waals surface area contributed by atoms with Gasteiger partial charge in [0.25, 0.3) is 0 Å². The summed E-state index contributed by atoms with van der Waals surface area (Å²) in [5.41, 5.74) is 1.08. The molecule has 1 aromatic heterocycles. The number of hydrogen-bond acceptors (Lipinski definition) is 2. The third-order valence-electron chi connectivity index (χ3n) is 1.28. The highest BCUT2D eigenvalue weighted by molar-refractivity contribution is 7.98. The number of aromatic amines is 1. The van der Waals surface area contributed by atoms with Gasteiger partial charge < -0.3 is 4.98 Å². The fourth-order valence-corrected chi connectivity index (χ4v) is 1.02. The zero-order valence-electron chi connectivity index (χ0n) is 6.58. The minimum Gasteiger partial charge on any atom is -0.360 e. The molecule has 0 amide bonds. The molecule has 1 heterocycles. The Labute approximate surface area is 71.1 Å². The number of rotatable bonds is 4. The molecule has 0 aliphatic carbocycles. The zero-order valence-corrected chi connectivity index (χ0v) is 7.40. The van der Waals surface area contributed by atoms with Gasteiger partial charge in [-0.05, 0) is 18.4 Å². The van der Waals surface area contributed by atoms with Gasteiger partial charge in [-0.15, -0.1) is 0 Å². The van der Waals surface area contributed by atoms with Crippen molar-refractivity contribution in [3.63, 3.8) is 0 Å². The molecule has 0 fully saturated rings. The first-order valence-corrected chi connectivity index (χ1v) is 4.95. The average molecular weight is 168 g/mol. The number of H-pyrrole nitrogens is 1. The van der Waals surface area contributed by atoms with Crippen molar-refractivity contribution in [3.05, 3.63) is 24.0 Å². The summed E-state index contributed by atoms with van der Waals surface area (Å²) in [4.78, 5) is 7.28. The van der Waals surface area contributed by atoms with Crippen molar-refractivity contribution < 1.29 is 0 Å². The summed E-state index contributed by atoms with van der Waals surface area (Å²) in [6.45, 7) is 0.903. The Balaban J connectivity index is 2.25. The Morgan fingerprint density at radius 1 is 1.73 bits per heavy atom. The van der Waals surface area contributed by atoms with E-state index in [1.54, 1.807) is 0 Å². The van der Waals surface area contributed by atoms with Crippen LogP contribution in [0.15, 0.2) is 23.3 Å². The average Bonchev–Trinajstić information content (AvgIpc) is 2.50. The molecular formula is C8H12N2S. The lowest BCUT2D eigenvalue weighted by atomic mass is 10.5. The summed E-state index contributed by atoms with van der Waals surface area (Å²) >= 11 is 1.81. The van der Waals surface area contributed by atoms with E-state index in [1.807, 2.05) is 36.3 Å². The van der Waals surface area contributed by atoms with E-state index in [9.17, 15) is 0 Å². The molecule has 3 heteroatoms. The van der Waals surface area contributed by atoms with Crippen LogP contribution in [0.4, 0.5) is 0 Å². The lowest BCUT2D eigenvalue weighted by Gasteiger charge is -1.88. The van der Waals surface area contributed by atoms with Crippen LogP contribution in [0.1, 0.15) is 5.69 Å². The van der Waals surface area contributed by atoms with E-state index in [4.69, 9.17) is 0 Å². The highest BCUT2D eigenvalue weighted by Crippen LogP contribution is 1.92. The highest BCUT2D eigenvalue weighted by Gasteiger charge is 1.83. The predicted octanol–water partition coefficient (Wildman–Crippen LogP) is 1.80. The molecule has 2 nitrogen and oxygen atoms in total. The molecule has 1 aromatic rings. The number of aliphatic imine (C=N–C) groups is 1. The third-order valence-corrected chi connectivity index (χ3v) is 1.87. The molecule has 60 valence electrons. The van der Waals surface area contributed by atoms with Gasteiger partial charge in [-0.25, -0.2) is 0 Å². The van der Waals surface area contributed by atoms with E-state index >= 15 is 0 Å². The summed E-state index contributed by atoms with van der Waals surface area (Å²) in [5.74, 6) is 1.09. The normalized spacial score (nSPS) is 11.0. The van der Waals surface area contributed by atoms with Gasteiger partial charge in [-0.2, -0.15) is 11.8 Å². The number of hydrogen-bond donors (Lipinski definition) is 1. The first-order chi connectivity index (χ1) is 5.43. The summed E-state index contributed by atoms with van der Waals surface area (Å²) in [6.07, 6.45) is 5.86. The Morgan fingerprint density at radius 2 is 2.64 bits per heavy atom. The summed E-state index contributed by atoms with van der Waals surface area (Å²) in [7, 11) is 0. The molecule has 1 rings (SSSR count). The Bertz CT molecular complexity index is 204. The minimum atomic E-state index is 0.903. The Morgan fingerprint density at radius 3 is 3.27 bits per heavy atom. The van der Waals surface area contributed by atoms with E-state index in [0.717, 1.165) is 18.0 Å². The number of aromatic nitrogens is 1. The summed E-state index contributed by atoms with van der Waals surface area (Å²) in [6, 6.07) is 3.97. The maximum Gasteiger partial charge on any atom is 0.0561 e. The van der Waals surface area contributed by atoms with Crippen LogP contribution in [0.3, 0.4) is 0 Å². The molecule has 0 aliphatic heterocycles. The molecule has 0 saturated carbocycles. The van der Waals surface area contributed by atoms with Crippen LogP contribution in [-0.2, 0) is 0 Å². The summed E-state index contributed by atoms with van der Waals surface area (Å²) < 4.78 is 0. The Kier molecular flexibility index (Phi) is 3.83. The molecule has 0 unspecified atom stereocenters. The van der Waals surface area contributed by atoms with Crippen molar-refractivity contribution in [2.45, 2.75) is 0 Å². The topological polar surface area (TPSA) is 28.1 Å². The molecule has 1 N–H and O–H groups in total. The second kappa shape index (κ2) is 5.02. The van der Waals surface area contributed by atoms with Crippen LogP contribution in [0.25, 0.3) is 0 Å². The van der Waals surface area contributed by atoms with Crippen LogP contribution >= 0.6 is 11.8 Å². The molecule has 0 saturated heterocycles. The second-order valence-corrected chi connectivity index (χ2v) is 3.14. The van der Waals surface area contributed by atoms with Crippen molar-refractivity contribution in [2.24, 2.45) is 4.99 Å². The monoisotopic (exact) mass is 168 g/mol. The lowest BCUT2D eigenvalue weighted by molar-refractivity contribution is 1.15. The van der Waals surface area contributed by atoms with E-state index in [1.165, 1.54) is 0 Å². The van der Waals surface area contributed by atoms with E-state index < -0.39 is 0 Å². The second-order valence-electron chi connectivity index (χ2n) is 2.15. The van der Waals surface area contributed by atoms with Gasteiger partial charge >= 0.3 is 0 Å². The molecule has 11 heavy (non-hydrogen) atoms. The van der Waals surface area contributed by atoms with Crippen molar-refractivity contribution in [1.82, 2.24) is 4.98 Å². The van der Waals surface area contributed by atoms with Gasteiger partial charge in [0.05, 0.1) is 5.69 Å². The first-order valence-electron chi connectivity index (χ1n) is 3.55. The van der Waals surface area contributed by atoms with Crippen LogP contribution in [0.2, 0.25) is 0 Å². The van der Waals surface area contributed by atoms with Crippen molar-refractivity contribution in [3.8, 4) is 0 Å². The highest BCUT2D eigenvalue weighted by atomic mass is 32.2. The minimum absolute atomic E-state index is 0.903. The number of nitrogens with zero attached hydrogens (tertiary/aromatic N) is 1. The van der Waals surface area contributed by atoms with Crippen LogP contribution in [-0.4, -0.2) is 29.8 Å². The van der Waals surface area contributed by atoms with Gasteiger partial charge in [0.15, 0.2) is 0 Å². The van der Waals surface area contributed by atoms with Gasteiger partial charge in [-0.3, -0.25) is 4.99 Å². The van der Waals surface area contributed by atoms with Gasteiger partial charge in [0, 0.05) is 24.7 Å². The molecule has 0 atom stereocenters. The zero-order chi connectivity index (χ0) is 7.94. The third kappa shape index (κ3) is 3.28. The largest absolute Gasteiger partial charge is 0.360 e. The SMILES string of the molecule is CSCC/N=C/c1ccc[nH]1. The van der Waals surface area contributed by atoms with Crippen molar-refractivity contribution in [2.75, 3.05) is 18.6 Å². The van der Waals surface area contributed by atoms with E-state index in [0.29, 0.717) is 0 Å². The van der Waals surface area contributed by atoms with E-state index in [-0.39, 0.29) is 0 Å². The maximum atomic E-state index is 4.23. The molecule has 0 radical (unpaired) electrons. The molecule has 0 aliphatic rings. The number of nitrogens with one attached hydrogen (secondary N) is 1. The fourth-order valence-electron chi connectivity index (χ4n) is 0.731. The van der Waals surface area contributed by atoms with E-state index in [2.05, 4.69) is 16.2 Å². The van der Waals surface area contributed by atoms with Crippen LogP contribution < -0.4 is 0 Å². The lowest BCUT2D eigenvalue weighted by Crippen LogP contribution is -1.86. The van der Waals surface area contributed by atoms with Crippen LogP contribution in [0.5, 0.6) is 0 Å². The van der Waals surface area contributed by atoms with Gasteiger partial charge in [0.1, 0.15) is 0 Å². The van der Waals surface area contributed by atoms with Crippen molar-refractivity contribution in [1.29, 1.82) is 0 Å². The van der Waals surface area contributed by atoms with Crippen LogP contribution in [0, 0.1) is 0 Å². The smallest absolute Gasteiger partial charge is 0.0561 e. The molecule has 0 aromatic carbocycles. The van der Waals surface area contributed by atoms with Gasteiger partial charge in [-0.1, -0.05) is 0 Å². The quantitative estimate of drug-likeness (QED) is 0.539. The number of thioether (sulfide) groups is 1. The standard InChI is InChI=1S/C8H12N2S/c1-11-6-5-9-7-8-3-2-4-10-8/h2-4,7,10H,5-6H2,1H3/b9-7+. The molecule has 0 spiro atoms. The first kappa shape index (κ1) is 8.40. The molecular weight excluding hydrogens is 156 g/mol. The Hall–Kier alpha value is -0.700. The summed E-state index contributed by atoms with van der Waals surface area (Å²) in [5, 5.41) is 0. The predicted molar refractivity (Wildman–Crippen MR) is 51.6 cm³/mol. The molecule has 0 bridgehead atoms. The van der Waals surface area contributed by atoms with Gasteiger partial charge in [0.2, 0.25) is 0 Å². The maximum absolute atomic E-state index is 4.23.